The normalized spacial score (nSPS) is 12.7. The molecule has 0 saturated carbocycles. The summed E-state index contributed by atoms with van der Waals surface area (Å²) in [7, 11) is 1.66. The van der Waals surface area contributed by atoms with E-state index in [1.54, 1.807) is 7.11 Å². The molecule has 0 radical (unpaired) electrons. The third-order valence-electron chi connectivity index (χ3n) is 3.33. The second-order valence-electron chi connectivity index (χ2n) is 4.89. The van der Waals surface area contributed by atoms with E-state index in [4.69, 9.17) is 9.84 Å². The Hall–Kier alpha value is -1.55. The van der Waals surface area contributed by atoms with Gasteiger partial charge in [0, 0.05) is 24.2 Å². The van der Waals surface area contributed by atoms with E-state index in [1.807, 2.05) is 24.3 Å². The lowest BCUT2D eigenvalue weighted by Crippen LogP contribution is -2.35. The van der Waals surface area contributed by atoms with Gasteiger partial charge in [-0.1, -0.05) is 18.2 Å². The van der Waals surface area contributed by atoms with Crippen LogP contribution in [0.15, 0.2) is 24.3 Å². The van der Waals surface area contributed by atoms with Crippen molar-refractivity contribution in [2.24, 2.45) is 0 Å². The van der Waals surface area contributed by atoms with Crippen LogP contribution in [0.4, 0.5) is 0 Å². The molecule has 0 spiro atoms. The molecular weight excluding hydrogens is 242 g/mol. The van der Waals surface area contributed by atoms with Crippen LogP contribution in [0.2, 0.25) is 0 Å². The van der Waals surface area contributed by atoms with E-state index in [2.05, 4.69) is 25.7 Å². The number of hydrogen-bond donors (Lipinski definition) is 1. The molecule has 0 aromatic heterocycles. The van der Waals surface area contributed by atoms with E-state index in [0.29, 0.717) is 6.54 Å². The predicted molar refractivity (Wildman–Crippen MR) is 75.5 cm³/mol. The Labute approximate surface area is 115 Å². The number of carbonyl (C=O) groups is 1. The van der Waals surface area contributed by atoms with Gasteiger partial charge in [0.25, 0.3) is 0 Å². The number of hydrogen-bond acceptors (Lipinski definition) is 3. The van der Waals surface area contributed by atoms with Gasteiger partial charge in [0.1, 0.15) is 5.75 Å². The highest BCUT2D eigenvalue weighted by Crippen LogP contribution is 2.30. The molecule has 0 aliphatic rings. The number of rotatable bonds is 7. The Morgan fingerprint density at radius 1 is 1.32 bits per heavy atom. The summed E-state index contributed by atoms with van der Waals surface area (Å²) >= 11 is 0. The molecular formula is C15H23NO3. The highest BCUT2D eigenvalue weighted by Gasteiger charge is 2.21. The van der Waals surface area contributed by atoms with Crippen molar-refractivity contribution >= 4 is 5.97 Å². The number of carboxylic acid groups (broad SMARTS) is 1. The summed E-state index contributed by atoms with van der Waals surface area (Å²) in [5.41, 5.74) is 1.09. The van der Waals surface area contributed by atoms with Crippen LogP contribution in [0.1, 0.15) is 38.8 Å². The van der Waals surface area contributed by atoms with Crippen LogP contribution < -0.4 is 4.74 Å². The molecule has 1 aromatic carbocycles. The van der Waals surface area contributed by atoms with Crippen LogP contribution in [0, 0.1) is 0 Å². The fourth-order valence-electron chi connectivity index (χ4n) is 2.31. The average molecular weight is 265 g/mol. The fourth-order valence-corrected chi connectivity index (χ4v) is 2.31. The Morgan fingerprint density at radius 3 is 2.47 bits per heavy atom. The van der Waals surface area contributed by atoms with E-state index in [9.17, 15) is 4.79 Å². The van der Waals surface area contributed by atoms with Crippen LogP contribution in [-0.4, -0.2) is 35.7 Å². The Kier molecular flexibility index (Phi) is 5.83. The van der Waals surface area contributed by atoms with Crippen molar-refractivity contribution in [3.05, 3.63) is 29.8 Å². The fraction of sp³-hybridized carbons (Fsp3) is 0.533. The Bertz CT molecular complexity index is 418. The van der Waals surface area contributed by atoms with Gasteiger partial charge in [-0.2, -0.15) is 0 Å². The second-order valence-corrected chi connectivity index (χ2v) is 4.89. The van der Waals surface area contributed by atoms with Gasteiger partial charge < -0.3 is 9.84 Å². The largest absolute Gasteiger partial charge is 0.496 e. The lowest BCUT2D eigenvalue weighted by atomic mass is 10.0. The lowest BCUT2D eigenvalue weighted by Gasteiger charge is -2.33. The number of ether oxygens (including phenoxy) is 1. The van der Waals surface area contributed by atoms with Crippen LogP contribution in [0.25, 0.3) is 0 Å². The Morgan fingerprint density at radius 2 is 1.95 bits per heavy atom. The summed E-state index contributed by atoms with van der Waals surface area (Å²) in [6.07, 6.45) is 0.150. The first-order chi connectivity index (χ1) is 8.97. The number of methoxy groups -OCH3 is 1. The lowest BCUT2D eigenvalue weighted by molar-refractivity contribution is -0.137. The monoisotopic (exact) mass is 265 g/mol. The third-order valence-corrected chi connectivity index (χ3v) is 3.33. The first-order valence-corrected chi connectivity index (χ1v) is 6.57. The molecule has 0 saturated heterocycles. The minimum Gasteiger partial charge on any atom is -0.496 e. The quantitative estimate of drug-likeness (QED) is 0.823. The van der Waals surface area contributed by atoms with E-state index < -0.39 is 5.97 Å². The van der Waals surface area contributed by atoms with E-state index >= 15 is 0 Å². The van der Waals surface area contributed by atoms with Gasteiger partial charge in [0.05, 0.1) is 13.5 Å². The van der Waals surface area contributed by atoms with Crippen molar-refractivity contribution in [3.8, 4) is 5.75 Å². The summed E-state index contributed by atoms with van der Waals surface area (Å²) in [5, 5.41) is 8.85. The summed E-state index contributed by atoms with van der Waals surface area (Å²) in [6, 6.07) is 8.27. The first kappa shape index (κ1) is 15.5. The smallest absolute Gasteiger partial charge is 0.304 e. The van der Waals surface area contributed by atoms with Crippen molar-refractivity contribution < 1.29 is 14.6 Å². The maximum absolute atomic E-state index is 10.8. The molecule has 0 heterocycles. The average Bonchev–Trinajstić information content (AvgIpc) is 2.37. The summed E-state index contributed by atoms with van der Waals surface area (Å²) in [5.74, 6) is 0.0776. The molecule has 19 heavy (non-hydrogen) atoms. The van der Waals surface area contributed by atoms with Crippen LogP contribution in [0.5, 0.6) is 5.75 Å². The van der Waals surface area contributed by atoms with Gasteiger partial charge >= 0.3 is 5.97 Å². The molecule has 1 aromatic rings. The molecule has 0 bridgehead atoms. The number of aliphatic carboxylic acids is 1. The molecule has 106 valence electrons. The van der Waals surface area contributed by atoms with Crippen molar-refractivity contribution in [3.63, 3.8) is 0 Å². The molecule has 1 atom stereocenters. The van der Waals surface area contributed by atoms with Crippen LogP contribution in [0.3, 0.4) is 0 Å². The summed E-state index contributed by atoms with van der Waals surface area (Å²) < 4.78 is 5.38. The summed E-state index contributed by atoms with van der Waals surface area (Å²) in [4.78, 5) is 12.9. The van der Waals surface area contributed by atoms with Crippen molar-refractivity contribution in [2.75, 3.05) is 13.7 Å². The number of nitrogens with zero attached hydrogens (tertiary/aromatic N) is 1. The van der Waals surface area contributed by atoms with Crippen LogP contribution >= 0.6 is 0 Å². The van der Waals surface area contributed by atoms with Gasteiger partial charge in [0.2, 0.25) is 0 Å². The van der Waals surface area contributed by atoms with Crippen molar-refractivity contribution in [1.82, 2.24) is 4.90 Å². The van der Waals surface area contributed by atoms with Gasteiger partial charge in [-0.25, -0.2) is 0 Å². The Balaban J connectivity index is 2.92. The minimum absolute atomic E-state index is 0.121. The number of para-hydroxylation sites is 1. The molecule has 0 amide bonds. The molecule has 1 N–H and O–H groups in total. The van der Waals surface area contributed by atoms with Crippen molar-refractivity contribution in [1.29, 1.82) is 0 Å². The van der Waals surface area contributed by atoms with Crippen molar-refractivity contribution in [2.45, 2.75) is 39.3 Å². The molecule has 1 unspecified atom stereocenters. The molecule has 4 nitrogen and oxygen atoms in total. The maximum atomic E-state index is 10.8. The van der Waals surface area contributed by atoms with Gasteiger partial charge in [0.15, 0.2) is 0 Å². The zero-order valence-electron chi connectivity index (χ0n) is 12.1. The topological polar surface area (TPSA) is 49.8 Å². The molecule has 0 aliphatic heterocycles. The zero-order valence-corrected chi connectivity index (χ0v) is 12.1. The summed E-state index contributed by atoms with van der Waals surface area (Å²) in [6.45, 7) is 6.77. The second kappa shape index (κ2) is 7.14. The zero-order chi connectivity index (χ0) is 14.4. The molecule has 0 aliphatic carbocycles. The van der Waals surface area contributed by atoms with Gasteiger partial charge in [-0.3, -0.25) is 9.69 Å². The van der Waals surface area contributed by atoms with E-state index in [-0.39, 0.29) is 18.5 Å². The highest BCUT2D eigenvalue weighted by atomic mass is 16.5. The maximum Gasteiger partial charge on any atom is 0.304 e. The highest BCUT2D eigenvalue weighted by molar-refractivity contribution is 5.66. The number of benzene rings is 1. The standard InChI is InChI=1S/C15H23NO3/c1-11(2)16(10-9-15(17)18)12(3)13-7-5-6-8-14(13)19-4/h5-8,11-12H,9-10H2,1-4H3,(H,17,18). The predicted octanol–water partition coefficient (Wildman–Crippen LogP) is 2.94. The van der Waals surface area contributed by atoms with Gasteiger partial charge in [-0.15, -0.1) is 0 Å². The third kappa shape index (κ3) is 4.24. The van der Waals surface area contributed by atoms with E-state index in [0.717, 1.165) is 11.3 Å². The molecule has 0 fully saturated rings. The van der Waals surface area contributed by atoms with Crippen LogP contribution in [-0.2, 0) is 4.79 Å². The number of carboxylic acids is 1. The van der Waals surface area contributed by atoms with E-state index in [1.165, 1.54) is 0 Å². The minimum atomic E-state index is -0.766. The first-order valence-electron chi connectivity index (χ1n) is 6.57. The SMILES string of the molecule is COc1ccccc1C(C)N(CCC(=O)O)C(C)C. The molecule has 4 heteroatoms. The van der Waals surface area contributed by atoms with Gasteiger partial charge in [-0.05, 0) is 26.8 Å². The molecule has 1 rings (SSSR count).